The van der Waals surface area contributed by atoms with E-state index in [0.29, 0.717) is 11.9 Å². The van der Waals surface area contributed by atoms with E-state index >= 15 is 0 Å². The Morgan fingerprint density at radius 1 is 1.33 bits per heavy atom. The molecule has 0 spiro atoms. The van der Waals surface area contributed by atoms with Crippen LogP contribution in [0.4, 0.5) is 6.01 Å². The smallest absolute Gasteiger partial charge is 0.296 e. The van der Waals surface area contributed by atoms with E-state index in [1.54, 1.807) is 0 Å². The number of aromatic nitrogens is 1. The maximum absolute atomic E-state index is 6.14. The SMILES string of the molecule is NC1C2CCOC2C1Nc1nc2ccccc2o1. The highest BCUT2D eigenvalue weighted by atomic mass is 16.5. The van der Waals surface area contributed by atoms with Crippen LogP contribution in [0.2, 0.25) is 0 Å². The third-order valence-electron chi connectivity index (χ3n) is 4.03. The highest BCUT2D eigenvalue weighted by molar-refractivity contribution is 5.74. The zero-order valence-corrected chi connectivity index (χ0v) is 9.87. The van der Waals surface area contributed by atoms with Gasteiger partial charge in [0.05, 0.1) is 12.1 Å². The quantitative estimate of drug-likeness (QED) is 0.835. The zero-order valence-electron chi connectivity index (χ0n) is 9.87. The van der Waals surface area contributed by atoms with Gasteiger partial charge < -0.3 is 20.2 Å². The fourth-order valence-electron chi connectivity index (χ4n) is 3.00. The van der Waals surface area contributed by atoms with Crippen molar-refractivity contribution in [1.29, 1.82) is 0 Å². The third kappa shape index (κ3) is 1.38. The van der Waals surface area contributed by atoms with Crippen LogP contribution < -0.4 is 11.1 Å². The molecule has 1 saturated heterocycles. The van der Waals surface area contributed by atoms with Crippen molar-refractivity contribution in [2.75, 3.05) is 11.9 Å². The van der Waals surface area contributed by atoms with Gasteiger partial charge in [-0.2, -0.15) is 4.98 Å². The minimum Gasteiger partial charge on any atom is -0.424 e. The lowest BCUT2D eigenvalue weighted by Gasteiger charge is -2.45. The predicted octanol–water partition coefficient (Wildman–Crippen LogP) is 1.35. The number of para-hydroxylation sites is 2. The molecule has 4 rings (SSSR count). The number of benzene rings is 1. The van der Waals surface area contributed by atoms with Gasteiger partial charge in [0.25, 0.3) is 6.01 Å². The number of oxazole rings is 1. The first-order valence-electron chi connectivity index (χ1n) is 6.32. The van der Waals surface area contributed by atoms with Crippen LogP contribution in [-0.2, 0) is 4.74 Å². The first-order chi connectivity index (χ1) is 8.83. The van der Waals surface area contributed by atoms with Crippen LogP contribution in [0.1, 0.15) is 6.42 Å². The minimum atomic E-state index is 0.116. The highest BCUT2D eigenvalue weighted by Crippen LogP contribution is 2.39. The molecular formula is C13H15N3O2. The molecule has 1 saturated carbocycles. The highest BCUT2D eigenvalue weighted by Gasteiger charge is 2.52. The molecule has 18 heavy (non-hydrogen) atoms. The van der Waals surface area contributed by atoms with Crippen molar-refractivity contribution >= 4 is 17.1 Å². The third-order valence-corrected chi connectivity index (χ3v) is 4.03. The van der Waals surface area contributed by atoms with E-state index in [-0.39, 0.29) is 18.2 Å². The average molecular weight is 245 g/mol. The largest absolute Gasteiger partial charge is 0.424 e. The molecular weight excluding hydrogens is 230 g/mol. The molecule has 0 radical (unpaired) electrons. The molecule has 1 aliphatic heterocycles. The Hall–Kier alpha value is -1.59. The first kappa shape index (κ1) is 10.3. The van der Waals surface area contributed by atoms with Crippen LogP contribution in [0.25, 0.3) is 11.1 Å². The molecule has 5 heteroatoms. The second-order valence-corrected chi connectivity index (χ2v) is 5.02. The summed E-state index contributed by atoms with van der Waals surface area (Å²) < 4.78 is 11.3. The van der Waals surface area contributed by atoms with Crippen molar-refractivity contribution in [3.05, 3.63) is 24.3 Å². The van der Waals surface area contributed by atoms with Gasteiger partial charge in [0.15, 0.2) is 5.58 Å². The first-order valence-corrected chi connectivity index (χ1v) is 6.32. The molecule has 4 unspecified atom stereocenters. The van der Waals surface area contributed by atoms with Gasteiger partial charge in [-0.25, -0.2) is 0 Å². The van der Waals surface area contributed by atoms with E-state index in [2.05, 4.69) is 10.3 Å². The molecule has 1 aromatic carbocycles. The molecule has 5 nitrogen and oxygen atoms in total. The maximum Gasteiger partial charge on any atom is 0.296 e. The average Bonchev–Trinajstić information content (AvgIpc) is 2.99. The summed E-state index contributed by atoms with van der Waals surface area (Å²) in [4.78, 5) is 4.39. The Morgan fingerprint density at radius 3 is 3.11 bits per heavy atom. The summed E-state index contributed by atoms with van der Waals surface area (Å²) in [5.41, 5.74) is 7.78. The van der Waals surface area contributed by atoms with E-state index in [4.69, 9.17) is 14.9 Å². The van der Waals surface area contributed by atoms with E-state index < -0.39 is 0 Å². The summed E-state index contributed by atoms with van der Waals surface area (Å²) in [7, 11) is 0. The van der Waals surface area contributed by atoms with Crippen molar-refractivity contribution in [3.63, 3.8) is 0 Å². The van der Waals surface area contributed by atoms with Gasteiger partial charge in [0.1, 0.15) is 5.52 Å². The van der Waals surface area contributed by atoms with Crippen molar-refractivity contribution in [2.24, 2.45) is 11.7 Å². The normalized spacial score (nSPS) is 34.3. The van der Waals surface area contributed by atoms with Gasteiger partial charge in [0.2, 0.25) is 0 Å². The van der Waals surface area contributed by atoms with Crippen LogP contribution in [-0.4, -0.2) is 29.8 Å². The topological polar surface area (TPSA) is 73.3 Å². The number of rotatable bonds is 2. The predicted molar refractivity (Wildman–Crippen MR) is 67.2 cm³/mol. The van der Waals surface area contributed by atoms with Crippen LogP contribution in [0.3, 0.4) is 0 Å². The monoisotopic (exact) mass is 245 g/mol. The van der Waals surface area contributed by atoms with Crippen molar-refractivity contribution in [3.8, 4) is 0 Å². The molecule has 94 valence electrons. The van der Waals surface area contributed by atoms with Gasteiger partial charge >= 0.3 is 0 Å². The lowest BCUT2D eigenvalue weighted by atomic mass is 9.72. The van der Waals surface area contributed by atoms with Gasteiger partial charge in [-0.05, 0) is 18.6 Å². The van der Waals surface area contributed by atoms with Crippen LogP contribution >= 0.6 is 0 Å². The molecule has 4 atom stereocenters. The van der Waals surface area contributed by atoms with Crippen molar-refractivity contribution < 1.29 is 9.15 Å². The summed E-state index contributed by atoms with van der Waals surface area (Å²) in [6, 6.07) is 8.49. The fraction of sp³-hybridized carbons (Fsp3) is 0.462. The summed E-state index contributed by atoms with van der Waals surface area (Å²) in [6.07, 6.45) is 1.28. The fourth-order valence-corrected chi connectivity index (χ4v) is 3.00. The van der Waals surface area contributed by atoms with E-state index in [9.17, 15) is 0 Å². The lowest BCUT2D eigenvalue weighted by molar-refractivity contribution is 0.00457. The van der Waals surface area contributed by atoms with Crippen LogP contribution in [0.15, 0.2) is 28.7 Å². The Balaban J connectivity index is 1.57. The summed E-state index contributed by atoms with van der Waals surface area (Å²) in [6.45, 7) is 0.814. The summed E-state index contributed by atoms with van der Waals surface area (Å²) in [5, 5.41) is 3.26. The number of nitrogens with zero attached hydrogens (tertiary/aromatic N) is 1. The number of anilines is 1. The molecule has 0 bridgehead atoms. The van der Waals surface area contributed by atoms with E-state index in [1.807, 2.05) is 24.3 Å². The van der Waals surface area contributed by atoms with Crippen LogP contribution in [0.5, 0.6) is 0 Å². The Kier molecular flexibility index (Phi) is 2.13. The second-order valence-electron chi connectivity index (χ2n) is 5.02. The minimum absolute atomic E-state index is 0.116. The molecule has 2 aromatic rings. The number of hydrogen-bond acceptors (Lipinski definition) is 5. The van der Waals surface area contributed by atoms with Gasteiger partial charge in [0, 0.05) is 18.6 Å². The Bertz CT molecular complexity index is 549. The number of ether oxygens (including phenoxy) is 1. The number of nitrogens with two attached hydrogens (primary N) is 1. The molecule has 3 N–H and O–H groups in total. The Morgan fingerprint density at radius 2 is 2.22 bits per heavy atom. The van der Waals surface area contributed by atoms with Gasteiger partial charge in [-0.15, -0.1) is 0 Å². The molecule has 1 aromatic heterocycles. The maximum atomic E-state index is 6.14. The summed E-state index contributed by atoms with van der Waals surface area (Å²) >= 11 is 0. The second kappa shape index (κ2) is 3.70. The number of hydrogen-bond donors (Lipinski definition) is 2. The lowest BCUT2D eigenvalue weighted by Crippen LogP contribution is -2.65. The molecule has 0 amide bonds. The van der Waals surface area contributed by atoms with E-state index in [0.717, 1.165) is 24.1 Å². The summed E-state index contributed by atoms with van der Waals surface area (Å²) in [5.74, 6) is 0.492. The Labute approximate surface area is 104 Å². The van der Waals surface area contributed by atoms with Crippen molar-refractivity contribution in [1.82, 2.24) is 4.98 Å². The zero-order chi connectivity index (χ0) is 12.1. The number of nitrogens with one attached hydrogen (secondary N) is 1. The van der Waals surface area contributed by atoms with E-state index in [1.165, 1.54) is 0 Å². The molecule has 2 heterocycles. The van der Waals surface area contributed by atoms with Gasteiger partial charge in [-0.3, -0.25) is 0 Å². The van der Waals surface area contributed by atoms with Crippen molar-refractivity contribution in [2.45, 2.75) is 24.6 Å². The van der Waals surface area contributed by atoms with Crippen LogP contribution in [0, 0.1) is 5.92 Å². The molecule has 2 aliphatic rings. The standard InChI is InChI=1S/C13H15N3O2/c14-10-7-5-6-17-12(7)11(10)16-13-15-8-3-1-2-4-9(8)18-13/h1-4,7,10-12H,5-6,14H2,(H,15,16). The van der Waals surface area contributed by atoms with Gasteiger partial charge in [-0.1, -0.05) is 12.1 Å². The number of fused-ring (bicyclic) bond motifs is 2. The molecule has 2 fully saturated rings. The molecule has 1 aliphatic carbocycles.